The van der Waals surface area contributed by atoms with Crippen molar-refractivity contribution in [2.75, 3.05) is 10.9 Å². The Labute approximate surface area is 190 Å². The van der Waals surface area contributed by atoms with Gasteiger partial charge in [0.2, 0.25) is 0 Å². The van der Waals surface area contributed by atoms with Crippen molar-refractivity contribution in [3.8, 4) is 6.07 Å². The predicted molar refractivity (Wildman–Crippen MR) is 119 cm³/mol. The van der Waals surface area contributed by atoms with E-state index in [-0.39, 0.29) is 22.0 Å². The molecule has 0 fully saturated rings. The van der Waals surface area contributed by atoms with E-state index in [0.717, 1.165) is 11.6 Å². The first kappa shape index (κ1) is 22.6. The van der Waals surface area contributed by atoms with Crippen LogP contribution in [0.2, 0.25) is 10.0 Å². The molecule has 0 aromatic heterocycles. The van der Waals surface area contributed by atoms with Gasteiger partial charge in [-0.15, -0.1) is 0 Å². The summed E-state index contributed by atoms with van der Waals surface area (Å²) in [5.74, 6) is -0.823. The Morgan fingerprint density at radius 1 is 1.00 bits per heavy atom. The van der Waals surface area contributed by atoms with Gasteiger partial charge in [0.15, 0.2) is 6.61 Å². The summed E-state index contributed by atoms with van der Waals surface area (Å²) >= 11 is 12.2. The van der Waals surface area contributed by atoms with Gasteiger partial charge in [-0.05, 0) is 48.0 Å². The second kappa shape index (κ2) is 9.84. The highest BCUT2D eigenvalue weighted by Gasteiger charge is 2.29. The normalized spacial score (nSPS) is 10.9. The number of anilines is 1. The molecule has 0 heterocycles. The summed E-state index contributed by atoms with van der Waals surface area (Å²) < 4.78 is 33.2. The quantitative estimate of drug-likeness (QED) is 0.446. The van der Waals surface area contributed by atoms with Crippen LogP contribution in [0.25, 0.3) is 0 Å². The van der Waals surface area contributed by atoms with E-state index in [9.17, 15) is 13.2 Å². The maximum absolute atomic E-state index is 13.6. The van der Waals surface area contributed by atoms with Crippen molar-refractivity contribution >= 4 is 44.9 Å². The molecule has 0 unspecified atom stereocenters. The third-order valence-electron chi connectivity index (χ3n) is 4.29. The smallest absolute Gasteiger partial charge is 0.339 e. The van der Waals surface area contributed by atoms with E-state index < -0.39 is 22.6 Å². The summed E-state index contributed by atoms with van der Waals surface area (Å²) in [6.07, 6.45) is 0. The lowest BCUT2D eigenvalue weighted by Crippen LogP contribution is -2.31. The molecule has 0 saturated heterocycles. The SMILES string of the molecule is N#CCOC(=O)c1ccc(Cl)c(S(=O)(=O)N(Cc2ccccc2)c2ccc(Cl)cc2)c1. The van der Waals surface area contributed by atoms with Crippen molar-refractivity contribution in [2.45, 2.75) is 11.4 Å². The molecular weight excluding hydrogens is 459 g/mol. The van der Waals surface area contributed by atoms with Crippen molar-refractivity contribution in [3.05, 3.63) is 94.0 Å². The Kier molecular flexibility index (Phi) is 7.18. The van der Waals surface area contributed by atoms with E-state index in [1.54, 1.807) is 54.6 Å². The maximum atomic E-state index is 13.6. The van der Waals surface area contributed by atoms with Crippen molar-refractivity contribution < 1.29 is 17.9 Å². The van der Waals surface area contributed by atoms with Gasteiger partial charge in [0.1, 0.15) is 11.0 Å². The van der Waals surface area contributed by atoms with E-state index in [1.807, 2.05) is 6.07 Å². The van der Waals surface area contributed by atoms with Crippen molar-refractivity contribution in [2.24, 2.45) is 0 Å². The third kappa shape index (κ3) is 5.36. The molecule has 0 spiro atoms. The highest BCUT2D eigenvalue weighted by molar-refractivity contribution is 7.93. The Morgan fingerprint density at radius 3 is 2.32 bits per heavy atom. The van der Waals surface area contributed by atoms with E-state index in [0.29, 0.717) is 10.7 Å². The van der Waals surface area contributed by atoms with Crippen LogP contribution in [0.15, 0.2) is 77.7 Å². The van der Waals surface area contributed by atoms with E-state index in [1.165, 1.54) is 16.4 Å². The number of esters is 1. The predicted octanol–water partition coefficient (Wildman–Crippen LogP) is 5.07. The third-order valence-corrected chi connectivity index (χ3v) is 6.79. The Morgan fingerprint density at radius 2 is 1.68 bits per heavy atom. The van der Waals surface area contributed by atoms with Gasteiger partial charge in [-0.2, -0.15) is 5.26 Å². The Balaban J connectivity index is 2.08. The Hall–Kier alpha value is -3.05. The lowest BCUT2D eigenvalue weighted by Gasteiger charge is -2.25. The van der Waals surface area contributed by atoms with Crippen LogP contribution in [0, 0.1) is 11.3 Å². The highest BCUT2D eigenvalue weighted by atomic mass is 35.5. The van der Waals surface area contributed by atoms with Crippen molar-refractivity contribution in [1.29, 1.82) is 5.26 Å². The van der Waals surface area contributed by atoms with Crippen LogP contribution in [0.5, 0.6) is 0 Å². The summed E-state index contributed by atoms with van der Waals surface area (Å²) in [6.45, 7) is -0.418. The molecule has 0 aliphatic rings. The van der Waals surface area contributed by atoms with Gasteiger partial charge >= 0.3 is 5.97 Å². The minimum Gasteiger partial charge on any atom is -0.447 e. The molecule has 3 rings (SSSR count). The second-order valence-electron chi connectivity index (χ2n) is 6.35. The Bertz CT molecular complexity index is 1220. The first-order valence-corrected chi connectivity index (χ1v) is 11.2. The van der Waals surface area contributed by atoms with Crippen LogP contribution < -0.4 is 4.31 Å². The summed E-state index contributed by atoms with van der Waals surface area (Å²) in [5, 5.41) is 9.00. The first-order chi connectivity index (χ1) is 14.8. The fourth-order valence-corrected chi connectivity index (χ4v) is 4.88. The van der Waals surface area contributed by atoms with Crippen LogP contribution in [0.4, 0.5) is 5.69 Å². The molecule has 0 saturated carbocycles. The minimum atomic E-state index is -4.19. The number of nitriles is 1. The molecule has 6 nitrogen and oxygen atoms in total. The van der Waals surface area contributed by atoms with Crippen molar-refractivity contribution in [3.63, 3.8) is 0 Å². The molecule has 9 heteroatoms. The van der Waals surface area contributed by atoms with E-state index in [2.05, 4.69) is 0 Å². The van der Waals surface area contributed by atoms with E-state index in [4.69, 9.17) is 33.2 Å². The van der Waals surface area contributed by atoms with Gasteiger partial charge in [-0.1, -0.05) is 53.5 Å². The number of benzene rings is 3. The van der Waals surface area contributed by atoms with Gasteiger partial charge in [-0.25, -0.2) is 13.2 Å². The van der Waals surface area contributed by atoms with Gasteiger partial charge in [0, 0.05) is 5.02 Å². The standard InChI is InChI=1S/C22H16Cl2N2O4S/c23-18-7-9-19(10-8-18)26(15-16-4-2-1-3-5-16)31(28,29)21-14-17(6-11-20(21)24)22(27)30-13-12-25/h1-11,14H,13,15H2. The van der Waals surface area contributed by atoms with Gasteiger partial charge < -0.3 is 4.74 Å². The number of ether oxygens (including phenoxy) is 1. The lowest BCUT2D eigenvalue weighted by molar-refractivity contribution is 0.0554. The lowest BCUT2D eigenvalue weighted by atomic mass is 10.2. The zero-order chi connectivity index (χ0) is 22.4. The number of sulfonamides is 1. The number of halogens is 2. The number of rotatable bonds is 7. The molecule has 3 aromatic rings. The summed E-state index contributed by atoms with van der Waals surface area (Å²) in [4.78, 5) is 11.9. The van der Waals surface area contributed by atoms with Gasteiger partial charge in [0.05, 0.1) is 22.8 Å². The summed E-state index contributed by atoms with van der Waals surface area (Å²) in [6, 6.07) is 20.9. The molecule has 0 radical (unpaired) electrons. The number of carbonyl (C=O) groups excluding carboxylic acids is 1. The molecular formula is C22H16Cl2N2O4S. The molecule has 0 aliphatic carbocycles. The fourth-order valence-electron chi connectivity index (χ4n) is 2.80. The molecule has 3 aromatic carbocycles. The molecule has 31 heavy (non-hydrogen) atoms. The van der Waals surface area contributed by atoms with Crippen LogP contribution in [0.3, 0.4) is 0 Å². The molecule has 0 aliphatic heterocycles. The average molecular weight is 475 g/mol. The zero-order valence-electron chi connectivity index (χ0n) is 16.0. The summed E-state index contributed by atoms with van der Waals surface area (Å²) in [7, 11) is -4.19. The maximum Gasteiger partial charge on any atom is 0.339 e. The molecule has 0 amide bonds. The van der Waals surface area contributed by atoms with Crippen LogP contribution in [-0.2, 0) is 21.3 Å². The topological polar surface area (TPSA) is 87.5 Å². The minimum absolute atomic E-state index is 0.0320. The number of nitrogens with zero attached hydrogens (tertiary/aromatic N) is 2. The molecule has 0 N–H and O–H groups in total. The monoisotopic (exact) mass is 474 g/mol. The number of carbonyl (C=O) groups is 1. The number of hydrogen-bond donors (Lipinski definition) is 0. The van der Waals surface area contributed by atoms with Gasteiger partial charge in [0.25, 0.3) is 10.0 Å². The molecule has 0 bridgehead atoms. The zero-order valence-corrected chi connectivity index (χ0v) is 18.4. The fraction of sp³-hybridized carbons (Fsp3) is 0.0909. The van der Waals surface area contributed by atoms with Gasteiger partial charge in [-0.3, -0.25) is 4.31 Å². The number of hydrogen-bond acceptors (Lipinski definition) is 5. The second-order valence-corrected chi connectivity index (χ2v) is 9.03. The van der Waals surface area contributed by atoms with Crippen molar-refractivity contribution in [1.82, 2.24) is 0 Å². The van der Waals surface area contributed by atoms with Crippen LogP contribution in [0.1, 0.15) is 15.9 Å². The first-order valence-electron chi connectivity index (χ1n) is 8.99. The van der Waals surface area contributed by atoms with E-state index >= 15 is 0 Å². The molecule has 158 valence electrons. The van der Waals surface area contributed by atoms with Crippen LogP contribution >= 0.6 is 23.2 Å². The van der Waals surface area contributed by atoms with Crippen LogP contribution in [-0.4, -0.2) is 21.0 Å². The summed E-state index contributed by atoms with van der Waals surface area (Å²) in [5.41, 5.74) is 1.09. The average Bonchev–Trinajstić information content (AvgIpc) is 2.77. The highest BCUT2D eigenvalue weighted by Crippen LogP contribution is 2.31. The largest absolute Gasteiger partial charge is 0.447 e. The molecule has 0 atom stereocenters.